The van der Waals surface area contributed by atoms with Crippen LogP contribution < -0.4 is 24.0 Å². The molecule has 0 aliphatic carbocycles. The average molecular weight is 172 g/mol. The first-order valence-corrected chi connectivity index (χ1v) is 3.61. The number of carbonyl (C=O) groups is 1. The summed E-state index contributed by atoms with van der Waals surface area (Å²) in [7, 11) is 0. The molecule has 1 rings (SSSR count). The largest absolute Gasteiger partial charge is 1.00 e. The number of hydrogen-bond acceptors (Lipinski definition) is 3. The van der Waals surface area contributed by atoms with Crippen molar-refractivity contribution in [3.8, 4) is 0 Å². The van der Waals surface area contributed by atoms with Crippen LogP contribution in [0.4, 0.5) is 0 Å². The fraction of sp³-hybridized carbons (Fsp3) is 0.222. The van der Waals surface area contributed by atoms with Crippen LogP contribution >= 0.6 is 0 Å². The molecule has 3 nitrogen and oxygen atoms in total. The molecule has 0 atom stereocenters. The van der Waals surface area contributed by atoms with E-state index in [1.54, 1.807) is 24.3 Å². The Kier molecular flexibility index (Phi) is 5.48. The van der Waals surface area contributed by atoms with Gasteiger partial charge in [0.05, 0.1) is 6.61 Å². The van der Waals surface area contributed by atoms with Crippen molar-refractivity contribution in [2.24, 2.45) is 0 Å². The van der Waals surface area contributed by atoms with Crippen molar-refractivity contribution in [3.05, 3.63) is 35.4 Å². The summed E-state index contributed by atoms with van der Waals surface area (Å²) in [5.74, 6) is -1.13. The van der Waals surface area contributed by atoms with Gasteiger partial charge in [-0.3, -0.25) is 0 Å². The van der Waals surface area contributed by atoms with E-state index in [9.17, 15) is 9.90 Å². The summed E-state index contributed by atoms with van der Waals surface area (Å²) < 4.78 is 0. The Bertz CT molecular complexity index is 286. The SMILES string of the molecule is O=C([O-])Cc1ccccc1CO.[Li+]. The molecule has 0 saturated heterocycles. The summed E-state index contributed by atoms with van der Waals surface area (Å²) in [4.78, 5) is 10.2. The number of carboxylic acid groups (broad SMARTS) is 1. The van der Waals surface area contributed by atoms with Crippen LogP contribution in [0, 0.1) is 0 Å². The molecule has 1 N–H and O–H groups in total. The van der Waals surface area contributed by atoms with E-state index < -0.39 is 5.97 Å². The van der Waals surface area contributed by atoms with Gasteiger partial charge < -0.3 is 15.0 Å². The van der Waals surface area contributed by atoms with Gasteiger partial charge in [0.1, 0.15) is 0 Å². The summed E-state index contributed by atoms with van der Waals surface area (Å²) in [6.45, 7) is -0.135. The number of aliphatic hydroxyl groups is 1. The van der Waals surface area contributed by atoms with Gasteiger partial charge in [-0.2, -0.15) is 0 Å². The second-order valence-electron chi connectivity index (χ2n) is 2.48. The molecule has 0 spiro atoms. The Hall–Kier alpha value is -0.753. The number of carbonyl (C=O) groups excluding carboxylic acids is 1. The second-order valence-corrected chi connectivity index (χ2v) is 2.48. The molecular weight excluding hydrogens is 163 g/mol. The van der Waals surface area contributed by atoms with Crippen LogP contribution in [0.15, 0.2) is 24.3 Å². The molecule has 1 aromatic rings. The molecule has 0 aliphatic heterocycles. The van der Waals surface area contributed by atoms with Gasteiger partial charge in [0.15, 0.2) is 0 Å². The number of aliphatic hydroxyl groups excluding tert-OH is 1. The fourth-order valence-electron chi connectivity index (χ4n) is 1.04. The second kappa shape index (κ2) is 5.82. The van der Waals surface area contributed by atoms with Crippen molar-refractivity contribution < 1.29 is 33.9 Å². The normalized spacial score (nSPS) is 9.00. The van der Waals surface area contributed by atoms with Crippen LogP contribution in [0.1, 0.15) is 11.1 Å². The first kappa shape index (κ1) is 12.2. The Labute approximate surface area is 88.6 Å². The summed E-state index contributed by atoms with van der Waals surface area (Å²) in [5.41, 5.74) is 1.25. The maximum Gasteiger partial charge on any atom is 1.00 e. The zero-order chi connectivity index (χ0) is 8.97. The predicted octanol–water partition coefficient (Wildman–Crippen LogP) is -3.52. The van der Waals surface area contributed by atoms with Crippen LogP contribution in [0.5, 0.6) is 0 Å². The van der Waals surface area contributed by atoms with Gasteiger partial charge in [0.2, 0.25) is 0 Å². The fourth-order valence-corrected chi connectivity index (χ4v) is 1.04. The number of hydrogen-bond donors (Lipinski definition) is 1. The van der Waals surface area contributed by atoms with Gasteiger partial charge in [-0.05, 0) is 11.1 Å². The van der Waals surface area contributed by atoms with E-state index in [2.05, 4.69) is 0 Å². The van der Waals surface area contributed by atoms with Crippen molar-refractivity contribution in [1.82, 2.24) is 0 Å². The van der Waals surface area contributed by atoms with Gasteiger partial charge in [-0.25, -0.2) is 0 Å². The molecule has 0 heterocycles. The summed E-state index contributed by atoms with van der Waals surface area (Å²) in [6, 6.07) is 6.85. The van der Waals surface area contributed by atoms with E-state index in [1.807, 2.05) is 0 Å². The predicted molar refractivity (Wildman–Crippen MR) is 41.1 cm³/mol. The van der Waals surface area contributed by atoms with Gasteiger partial charge in [0, 0.05) is 12.4 Å². The third-order valence-corrected chi connectivity index (χ3v) is 1.62. The molecule has 0 bridgehead atoms. The third kappa shape index (κ3) is 3.64. The van der Waals surface area contributed by atoms with Crippen LogP contribution in [0.25, 0.3) is 0 Å². The van der Waals surface area contributed by atoms with Crippen molar-refractivity contribution >= 4 is 5.97 Å². The minimum atomic E-state index is -1.13. The number of benzene rings is 1. The first-order chi connectivity index (χ1) is 5.74. The van der Waals surface area contributed by atoms with E-state index in [4.69, 9.17) is 5.11 Å². The number of aliphatic carboxylic acids is 1. The quantitative estimate of drug-likeness (QED) is 0.481. The Morgan fingerprint density at radius 1 is 1.31 bits per heavy atom. The number of carboxylic acids is 1. The van der Waals surface area contributed by atoms with Gasteiger partial charge in [-0.1, -0.05) is 24.3 Å². The van der Waals surface area contributed by atoms with E-state index in [-0.39, 0.29) is 31.9 Å². The van der Waals surface area contributed by atoms with Crippen molar-refractivity contribution in [3.63, 3.8) is 0 Å². The molecule has 13 heavy (non-hydrogen) atoms. The summed E-state index contributed by atoms with van der Waals surface area (Å²) in [6.07, 6.45) is -0.142. The molecule has 0 radical (unpaired) electrons. The van der Waals surface area contributed by atoms with Crippen LogP contribution in [-0.2, 0) is 17.8 Å². The zero-order valence-corrected chi connectivity index (χ0v) is 7.49. The molecule has 4 heteroatoms. The molecule has 1 aromatic carbocycles. The smallest absolute Gasteiger partial charge is 0.550 e. The Morgan fingerprint density at radius 2 is 1.85 bits per heavy atom. The topological polar surface area (TPSA) is 60.4 Å². The molecule has 0 saturated carbocycles. The minimum absolute atomic E-state index is 0. The zero-order valence-electron chi connectivity index (χ0n) is 7.49. The Balaban J connectivity index is 0.00000144. The molecule has 0 amide bonds. The van der Waals surface area contributed by atoms with E-state index in [1.165, 1.54) is 0 Å². The van der Waals surface area contributed by atoms with Gasteiger partial charge >= 0.3 is 18.9 Å². The maximum atomic E-state index is 10.2. The van der Waals surface area contributed by atoms with Crippen LogP contribution in [0.3, 0.4) is 0 Å². The van der Waals surface area contributed by atoms with Gasteiger partial charge in [-0.15, -0.1) is 0 Å². The van der Waals surface area contributed by atoms with Gasteiger partial charge in [0.25, 0.3) is 0 Å². The van der Waals surface area contributed by atoms with Crippen molar-refractivity contribution in [2.75, 3.05) is 0 Å². The number of rotatable bonds is 3. The van der Waals surface area contributed by atoms with E-state index in [0.717, 1.165) is 0 Å². The standard InChI is InChI=1S/C9H10O3.Li/c10-6-8-4-2-1-3-7(8)5-9(11)12;/h1-4,10H,5-6H2,(H,11,12);/q;+1/p-1. The molecule has 0 aliphatic rings. The molecule has 0 unspecified atom stereocenters. The molecule has 64 valence electrons. The summed E-state index contributed by atoms with van der Waals surface area (Å²) in [5, 5.41) is 19.1. The maximum absolute atomic E-state index is 10.2. The van der Waals surface area contributed by atoms with Crippen LogP contribution in [-0.4, -0.2) is 11.1 Å². The van der Waals surface area contributed by atoms with E-state index >= 15 is 0 Å². The van der Waals surface area contributed by atoms with Crippen LogP contribution in [0.2, 0.25) is 0 Å². The molecule has 0 fully saturated rings. The Morgan fingerprint density at radius 3 is 2.31 bits per heavy atom. The monoisotopic (exact) mass is 172 g/mol. The van der Waals surface area contributed by atoms with Crippen molar-refractivity contribution in [1.29, 1.82) is 0 Å². The average Bonchev–Trinajstić information content (AvgIpc) is 2.04. The van der Waals surface area contributed by atoms with E-state index in [0.29, 0.717) is 11.1 Å². The molecular formula is C9H9LiO3. The minimum Gasteiger partial charge on any atom is -0.550 e. The summed E-state index contributed by atoms with van der Waals surface area (Å²) >= 11 is 0. The first-order valence-electron chi connectivity index (χ1n) is 3.61. The third-order valence-electron chi connectivity index (χ3n) is 1.62. The van der Waals surface area contributed by atoms with Crippen molar-refractivity contribution in [2.45, 2.75) is 13.0 Å². The molecule has 0 aromatic heterocycles.